The van der Waals surface area contributed by atoms with Gasteiger partial charge in [0.15, 0.2) is 0 Å². The van der Waals surface area contributed by atoms with E-state index in [0.29, 0.717) is 11.6 Å². The lowest BCUT2D eigenvalue weighted by atomic mass is 10.1. The zero-order valence-corrected chi connectivity index (χ0v) is 15.7. The number of nitrogens with one attached hydrogen (secondary N) is 1. The fraction of sp³-hybridized carbons (Fsp3) is 0.429. The van der Waals surface area contributed by atoms with Gasteiger partial charge in [-0.15, -0.1) is 0 Å². The first-order valence-corrected chi connectivity index (χ1v) is 9.23. The van der Waals surface area contributed by atoms with Crippen molar-refractivity contribution < 1.29 is 9.21 Å². The number of aromatic nitrogens is 2. The summed E-state index contributed by atoms with van der Waals surface area (Å²) in [6.07, 6.45) is 2.36. The van der Waals surface area contributed by atoms with Crippen LogP contribution in [0, 0.1) is 0 Å². The fourth-order valence-corrected chi connectivity index (χ4v) is 3.27. The van der Waals surface area contributed by atoms with Crippen molar-refractivity contribution in [3.8, 4) is 0 Å². The standard InChI is InChI=1S/C21H25N3O2/c1-13(19-11-15-7-5-6-8-18(15)26-19)22-20(25)16-12-17(14-9-10-14)24(23-16)21(2,3)4/h5-8,11-14H,9-10H2,1-4H3,(H,22,25). The summed E-state index contributed by atoms with van der Waals surface area (Å²) < 4.78 is 7.86. The molecule has 2 heterocycles. The van der Waals surface area contributed by atoms with Gasteiger partial charge >= 0.3 is 0 Å². The van der Waals surface area contributed by atoms with Crippen LogP contribution in [0.3, 0.4) is 0 Å². The molecule has 1 amide bonds. The number of fused-ring (bicyclic) bond motifs is 1. The van der Waals surface area contributed by atoms with E-state index in [2.05, 4.69) is 31.2 Å². The predicted molar refractivity (Wildman–Crippen MR) is 101 cm³/mol. The first-order valence-electron chi connectivity index (χ1n) is 9.23. The predicted octanol–water partition coefficient (Wildman–Crippen LogP) is 4.75. The van der Waals surface area contributed by atoms with Crippen LogP contribution in [0.5, 0.6) is 0 Å². The normalized spacial score (nSPS) is 16.0. The number of benzene rings is 1. The van der Waals surface area contributed by atoms with Gasteiger partial charge in [-0.3, -0.25) is 9.48 Å². The Kier molecular flexibility index (Phi) is 3.90. The number of carbonyl (C=O) groups excluding carboxylic acids is 1. The van der Waals surface area contributed by atoms with E-state index in [0.717, 1.165) is 16.7 Å². The highest BCUT2D eigenvalue weighted by Gasteiger charge is 2.32. The SMILES string of the molecule is CC(NC(=O)c1cc(C2CC2)n(C(C)(C)C)n1)c1cc2ccccc2o1. The van der Waals surface area contributed by atoms with Crippen LogP contribution in [0.4, 0.5) is 0 Å². The minimum Gasteiger partial charge on any atom is -0.459 e. The van der Waals surface area contributed by atoms with Crippen LogP contribution in [0.15, 0.2) is 40.8 Å². The van der Waals surface area contributed by atoms with Crippen molar-refractivity contribution in [1.29, 1.82) is 0 Å². The fourth-order valence-electron chi connectivity index (χ4n) is 3.27. The summed E-state index contributed by atoms with van der Waals surface area (Å²) in [4.78, 5) is 12.8. The zero-order valence-electron chi connectivity index (χ0n) is 15.7. The van der Waals surface area contributed by atoms with Crippen molar-refractivity contribution in [2.24, 2.45) is 0 Å². The topological polar surface area (TPSA) is 60.1 Å². The molecule has 5 heteroatoms. The number of hydrogen-bond acceptors (Lipinski definition) is 3. The largest absolute Gasteiger partial charge is 0.459 e. The maximum atomic E-state index is 12.8. The third kappa shape index (κ3) is 3.14. The molecule has 1 N–H and O–H groups in total. The summed E-state index contributed by atoms with van der Waals surface area (Å²) >= 11 is 0. The molecule has 5 nitrogen and oxygen atoms in total. The number of para-hydroxylation sites is 1. The van der Waals surface area contributed by atoms with Gasteiger partial charge in [0.2, 0.25) is 0 Å². The zero-order chi connectivity index (χ0) is 18.5. The van der Waals surface area contributed by atoms with Crippen molar-refractivity contribution in [2.75, 3.05) is 0 Å². The molecular weight excluding hydrogens is 326 g/mol. The van der Waals surface area contributed by atoms with E-state index in [1.54, 1.807) is 0 Å². The van der Waals surface area contributed by atoms with Crippen molar-refractivity contribution in [1.82, 2.24) is 15.1 Å². The minimum atomic E-state index is -0.223. The maximum absolute atomic E-state index is 12.8. The molecular formula is C21H25N3O2. The Bertz CT molecular complexity index is 924. The van der Waals surface area contributed by atoms with E-state index in [1.807, 2.05) is 48.0 Å². The van der Waals surface area contributed by atoms with E-state index in [9.17, 15) is 4.79 Å². The summed E-state index contributed by atoms with van der Waals surface area (Å²) in [5.74, 6) is 1.12. The van der Waals surface area contributed by atoms with Gasteiger partial charge in [-0.05, 0) is 58.7 Å². The molecule has 4 rings (SSSR count). The molecule has 1 saturated carbocycles. The Morgan fingerprint density at radius 1 is 1.27 bits per heavy atom. The highest BCUT2D eigenvalue weighted by Crippen LogP contribution is 2.41. The van der Waals surface area contributed by atoms with Crippen LogP contribution in [0.25, 0.3) is 11.0 Å². The van der Waals surface area contributed by atoms with Gasteiger partial charge in [0.25, 0.3) is 5.91 Å². The minimum absolute atomic E-state index is 0.138. The van der Waals surface area contributed by atoms with Gasteiger partial charge in [0.05, 0.1) is 11.6 Å². The summed E-state index contributed by atoms with van der Waals surface area (Å²) in [6.45, 7) is 8.28. The molecule has 26 heavy (non-hydrogen) atoms. The monoisotopic (exact) mass is 351 g/mol. The molecule has 0 aliphatic heterocycles. The lowest BCUT2D eigenvalue weighted by Gasteiger charge is -2.22. The Hall–Kier alpha value is -2.56. The molecule has 0 radical (unpaired) electrons. The van der Waals surface area contributed by atoms with Gasteiger partial charge in [0, 0.05) is 17.0 Å². The molecule has 136 valence electrons. The van der Waals surface area contributed by atoms with Crippen LogP contribution in [-0.4, -0.2) is 15.7 Å². The molecule has 0 spiro atoms. The van der Waals surface area contributed by atoms with E-state index < -0.39 is 0 Å². The van der Waals surface area contributed by atoms with E-state index in [1.165, 1.54) is 18.5 Å². The average molecular weight is 351 g/mol. The second-order valence-corrected chi connectivity index (χ2v) is 8.19. The quantitative estimate of drug-likeness (QED) is 0.738. The van der Waals surface area contributed by atoms with Gasteiger partial charge in [-0.25, -0.2) is 0 Å². The molecule has 2 aromatic heterocycles. The van der Waals surface area contributed by atoms with Crippen LogP contribution in [-0.2, 0) is 5.54 Å². The number of rotatable bonds is 4. The molecule has 1 aromatic carbocycles. The van der Waals surface area contributed by atoms with Crippen molar-refractivity contribution in [2.45, 2.75) is 58.0 Å². The average Bonchev–Trinajstić information content (AvgIpc) is 3.17. The van der Waals surface area contributed by atoms with Gasteiger partial charge in [-0.1, -0.05) is 18.2 Å². The van der Waals surface area contributed by atoms with E-state index >= 15 is 0 Å². The number of amides is 1. The third-order valence-electron chi connectivity index (χ3n) is 4.82. The summed E-state index contributed by atoms with van der Waals surface area (Å²) in [6, 6.07) is 11.6. The number of nitrogens with zero attached hydrogens (tertiary/aromatic N) is 2. The highest BCUT2D eigenvalue weighted by molar-refractivity contribution is 5.92. The molecule has 1 aliphatic carbocycles. The van der Waals surface area contributed by atoms with E-state index in [4.69, 9.17) is 4.42 Å². The summed E-state index contributed by atoms with van der Waals surface area (Å²) in [7, 11) is 0. The lowest BCUT2D eigenvalue weighted by Crippen LogP contribution is -2.28. The highest BCUT2D eigenvalue weighted by atomic mass is 16.3. The van der Waals surface area contributed by atoms with E-state index in [-0.39, 0.29) is 17.5 Å². The second-order valence-electron chi connectivity index (χ2n) is 8.19. The second kappa shape index (κ2) is 6.01. The lowest BCUT2D eigenvalue weighted by molar-refractivity contribution is 0.0929. The Labute approximate surface area is 153 Å². The third-order valence-corrected chi connectivity index (χ3v) is 4.82. The molecule has 1 unspecified atom stereocenters. The van der Waals surface area contributed by atoms with Crippen LogP contribution in [0.1, 0.15) is 74.4 Å². The van der Waals surface area contributed by atoms with Crippen molar-refractivity contribution >= 4 is 16.9 Å². The van der Waals surface area contributed by atoms with Gasteiger partial charge in [-0.2, -0.15) is 5.10 Å². The molecule has 3 aromatic rings. The number of furan rings is 1. The van der Waals surface area contributed by atoms with Gasteiger partial charge in [0.1, 0.15) is 17.0 Å². The van der Waals surface area contributed by atoms with Gasteiger partial charge < -0.3 is 9.73 Å². The number of hydrogen-bond donors (Lipinski definition) is 1. The molecule has 1 atom stereocenters. The molecule has 1 fully saturated rings. The smallest absolute Gasteiger partial charge is 0.272 e. The molecule has 0 saturated heterocycles. The number of carbonyl (C=O) groups is 1. The van der Waals surface area contributed by atoms with Crippen LogP contribution < -0.4 is 5.32 Å². The maximum Gasteiger partial charge on any atom is 0.272 e. The summed E-state index contributed by atoms with van der Waals surface area (Å²) in [5.41, 5.74) is 2.33. The molecule has 0 bridgehead atoms. The first kappa shape index (κ1) is 16.9. The first-order chi connectivity index (χ1) is 12.3. The van der Waals surface area contributed by atoms with Crippen LogP contribution in [0.2, 0.25) is 0 Å². The molecule has 1 aliphatic rings. The Morgan fingerprint density at radius 3 is 2.65 bits per heavy atom. The Balaban J connectivity index is 1.56. The Morgan fingerprint density at radius 2 is 2.00 bits per heavy atom. The van der Waals surface area contributed by atoms with Crippen molar-refractivity contribution in [3.05, 3.63) is 53.5 Å². The summed E-state index contributed by atoms with van der Waals surface area (Å²) in [5, 5.41) is 8.66. The van der Waals surface area contributed by atoms with Crippen LogP contribution >= 0.6 is 0 Å². The van der Waals surface area contributed by atoms with Crippen molar-refractivity contribution in [3.63, 3.8) is 0 Å².